The summed E-state index contributed by atoms with van der Waals surface area (Å²) < 4.78 is 16.1. The number of carbonyl (C=O) groups is 2. The Kier molecular flexibility index (Phi) is 18.5. The van der Waals surface area contributed by atoms with Crippen LogP contribution in [0.15, 0.2) is 12.2 Å². The van der Waals surface area contributed by atoms with Gasteiger partial charge in [-0.1, -0.05) is 0 Å². The van der Waals surface area contributed by atoms with Crippen LogP contribution in [0.5, 0.6) is 0 Å². The molecule has 0 radical (unpaired) electrons. The molecule has 0 aromatic rings. The molecule has 0 N–H and O–H groups in total. The van der Waals surface area contributed by atoms with Gasteiger partial charge in [-0.05, 0) is 0 Å². The van der Waals surface area contributed by atoms with Gasteiger partial charge < -0.3 is 0 Å². The normalized spacial score (nSPS) is 11.0. The van der Waals surface area contributed by atoms with Gasteiger partial charge in [-0.3, -0.25) is 0 Å². The van der Waals surface area contributed by atoms with E-state index in [9.17, 15) is 9.59 Å². The number of rotatable bonds is 17. The Labute approximate surface area is 182 Å². The first-order valence-corrected chi connectivity index (χ1v) is 23.1. The maximum absolute atomic E-state index is 12.4. The van der Waals surface area contributed by atoms with E-state index in [0.29, 0.717) is 0 Å². The van der Waals surface area contributed by atoms with Crippen LogP contribution in [0.3, 0.4) is 0 Å². The molecule has 0 aliphatic heterocycles. The average Bonchev–Trinajstić information content (AvgIpc) is 2.65. The van der Waals surface area contributed by atoms with Gasteiger partial charge in [0.2, 0.25) is 0 Å². The minimum absolute atomic E-state index is 0.00461. The van der Waals surface area contributed by atoms with Crippen LogP contribution >= 0.6 is 0 Å². The van der Waals surface area contributed by atoms with Gasteiger partial charge in [-0.25, -0.2) is 0 Å². The maximum atomic E-state index is 12.4. The summed E-state index contributed by atoms with van der Waals surface area (Å²) in [5.41, 5.74) is 0.283. The Hall–Kier alpha value is 0.277. The summed E-state index contributed by atoms with van der Waals surface area (Å²) in [7, 11) is 0. The van der Waals surface area contributed by atoms with Gasteiger partial charge in [0.25, 0.3) is 0 Å². The first-order chi connectivity index (χ1) is 13.0. The number of hydrogen-bond acceptors (Lipinski definition) is 4. The van der Waals surface area contributed by atoms with Gasteiger partial charge in [-0.15, -0.1) is 0 Å². The molecule has 0 fully saturated rings. The Morgan fingerprint density at radius 1 is 0.704 bits per heavy atom. The molecule has 27 heavy (non-hydrogen) atoms. The third-order valence-electron chi connectivity index (χ3n) is 4.74. The molecular formula is C21H42O4Sn2. The van der Waals surface area contributed by atoms with E-state index in [1.54, 1.807) is 0 Å². The quantitative estimate of drug-likeness (QED) is 0.161. The molecule has 0 rings (SSSR count). The van der Waals surface area contributed by atoms with E-state index in [4.69, 9.17) is 6.15 Å². The Morgan fingerprint density at radius 3 is 1.44 bits per heavy atom. The first kappa shape index (κ1) is 27.3. The number of carbonyl (C=O) groups excluding carboxylic acids is 2. The predicted octanol–water partition coefficient (Wildman–Crippen LogP) is 5.67. The molecule has 0 saturated carbocycles. The third kappa shape index (κ3) is 14.9. The van der Waals surface area contributed by atoms with Crippen molar-refractivity contribution in [2.75, 3.05) is 0 Å². The fourth-order valence-corrected chi connectivity index (χ4v) is 18.5. The van der Waals surface area contributed by atoms with Crippen LogP contribution in [0, 0.1) is 0 Å². The van der Waals surface area contributed by atoms with Gasteiger partial charge in [0.15, 0.2) is 0 Å². The zero-order valence-electron chi connectivity index (χ0n) is 18.2. The first-order valence-electron chi connectivity index (χ1n) is 11.1. The molecule has 0 aliphatic rings. The van der Waals surface area contributed by atoms with Crippen LogP contribution in [0.2, 0.25) is 17.7 Å². The zero-order valence-corrected chi connectivity index (χ0v) is 24.8. The van der Waals surface area contributed by atoms with Crippen molar-refractivity contribution in [2.45, 2.75) is 103 Å². The molecule has 0 amide bonds. The van der Waals surface area contributed by atoms with Gasteiger partial charge in [0.05, 0.1) is 0 Å². The molecule has 0 saturated heterocycles. The van der Waals surface area contributed by atoms with E-state index in [2.05, 4.69) is 34.3 Å². The van der Waals surface area contributed by atoms with Crippen molar-refractivity contribution in [2.24, 2.45) is 0 Å². The van der Waals surface area contributed by atoms with Gasteiger partial charge in [0.1, 0.15) is 0 Å². The molecule has 0 heterocycles. The second-order valence-electron chi connectivity index (χ2n) is 7.49. The molecule has 0 spiro atoms. The summed E-state index contributed by atoms with van der Waals surface area (Å²) in [6, 6.07) is 0. The van der Waals surface area contributed by atoms with Crippen molar-refractivity contribution in [1.29, 1.82) is 0 Å². The SMILES string of the molecule is C=C(CC(=O)[O][SnH]([CH2]CCC)[CH2]CCC)C(=O)[O][SnH]([CH2]CCC)[CH2]CCC. The van der Waals surface area contributed by atoms with E-state index in [1.165, 1.54) is 0 Å². The van der Waals surface area contributed by atoms with Gasteiger partial charge >= 0.3 is 183 Å². The van der Waals surface area contributed by atoms with E-state index in [1.807, 2.05) is 0 Å². The van der Waals surface area contributed by atoms with Crippen molar-refractivity contribution < 1.29 is 15.7 Å². The second-order valence-corrected chi connectivity index (χ2v) is 22.5. The van der Waals surface area contributed by atoms with Crippen LogP contribution < -0.4 is 0 Å². The Morgan fingerprint density at radius 2 is 1.07 bits per heavy atom. The molecule has 0 aliphatic carbocycles. The average molecular weight is 596 g/mol. The van der Waals surface area contributed by atoms with Crippen molar-refractivity contribution in [1.82, 2.24) is 0 Å². The molecule has 4 nitrogen and oxygen atoms in total. The van der Waals surface area contributed by atoms with Crippen LogP contribution in [0.25, 0.3) is 0 Å². The van der Waals surface area contributed by atoms with E-state index in [-0.39, 0.29) is 23.9 Å². The monoisotopic (exact) mass is 598 g/mol. The second kappa shape index (κ2) is 18.3. The summed E-state index contributed by atoms with van der Waals surface area (Å²) in [6.07, 6.45) is 9.11. The number of unbranched alkanes of at least 4 members (excludes halogenated alkanes) is 4. The van der Waals surface area contributed by atoms with E-state index < -0.39 is 40.3 Å². The summed E-state index contributed by atoms with van der Waals surface area (Å²) in [5, 5.41) is 0. The molecule has 6 heteroatoms. The molecule has 0 atom stereocenters. The Bertz CT molecular complexity index is 410. The van der Waals surface area contributed by atoms with Gasteiger partial charge in [0, 0.05) is 0 Å². The summed E-state index contributed by atoms with van der Waals surface area (Å²) in [6.45, 7) is 12.5. The van der Waals surface area contributed by atoms with E-state index >= 15 is 0 Å². The standard InChI is InChI=1S/C5H6O4.4C4H9.2Sn.2H/c1-3(5(8)9)2-4(6)7;4*1-3-4-2;;;;/h1-2H2,(H,6,7)(H,8,9);4*1,3-4H2,2H3;;;;/q;;;;;2*+1;;/p-2. The number of hydrogen-bond donors (Lipinski definition) is 0. The van der Waals surface area contributed by atoms with E-state index in [0.717, 1.165) is 69.1 Å². The summed E-state index contributed by atoms with van der Waals surface area (Å²) in [4.78, 5) is 24.7. The third-order valence-corrected chi connectivity index (χ3v) is 20.0. The topological polar surface area (TPSA) is 52.6 Å². The van der Waals surface area contributed by atoms with Crippen molar-refractivity contribution in [3.05, 3.63) is 12.2 Å². The summed E-state index contributed by atoms with van der Waals surface area (Å²) in [5.74, 6) is -0.590. The molecule has 0 bridgehead atoms. The van der Waals surface area contributed by atoms with Crippen molar-refractivity contribution in [3.63, 3.8) is 0 Å². The molecule has 0 aromatic carbocycles. The minimum atomic E-state index is -2.29. The Balaban J connectivity index is 4.50. The van der Waals surface area contributed by atoms with Crippen molar-refractivity contribution in [3.8, 4) is 0 Å². The zero-order chi connectivity index (χ0) is 20.5. The molecule has 158 valence electrons. The molecule has 0 aromatic heterocycles. The fraction of sp³-hybridized carbons (Fsp3) is 0.810. The molecule has 0 unspecified atom stereocenters. The molecular weight excluding hydrogens is 554 g/mol. The van der Waals surface area contributed by atoms with Crippen LogP contribution in [0.1, 0.15) is 85.5 Å². The van der Waals surface area contributed by atoms with Crippen LogP contribution in [0.4, 0.5) is 0 Å². The van der Waals surface area contributed by atoms with Crippen molar-refractivity contribution >= 4 is 52.3 Å². The predicted molar refractivity (Wildman–Crippen MR) is 119 cm³/mol. The van der Waals surface area contributed by atoms with Crippen LogP contribution in [-0.2, 0) is 15.7 Å². The van der Waals surface area contributed by atoms with Gasteiger partial charge in [-0.2, -0.15) is 0 Å². The fourth-order valence-electron chi connectivity index (χ4n) is 2.96. The van der Waals surface area contributed by atoms with Crippen LogP contribution in [-0.4, -0.2) is 52.3 Å². The summed E-state index contributed by atoms with van der Waals surface area (Å²) >= 11 is -4.55.